The summed E-state index contributed by atoms with van der Waals surface area (Å²) in [4.78, 5) is 0. The van der Waals surface area contributed by atoms with Crippen LogP contribution in [0.1, 0.15) is 19.4 Å². The highest BCUT2D eigenvalue weighted by molar-refractivity contribution is 6.42. The molecule has 1 N–H and O–H groups in total. The van der Waals surface area contributed by atoms with Crippen molar-refractivity contribution in [1.29, 1.82) is 0 Å². The molecule has 1 aromatic carbocycles. The SMILES string of the molecule is CC1(C)OCC(CNCc2cccc(Cl)c2Cl)O1. The van der Waals surface area contributed by atoms with Gasteiger partial charge < -0.3 is 14.8 Å². The maximum Gasteiger partial charge on any atom is 0.163 e. The Balaban J connectivity index is 1.81. The largest absolute Gasteiger partial charge is 0.348 e. The number of ether oxygens (including phenoxy) is 2. The van der Waals surface area contributed by atoms with Crippen molar-refractivity contribution in [1.82, 2.24) is 5.32 Å². The third-order valence-corrected chi connectivity index (χ3v) is 3.64. The molecular formula is C13H17Cl2NO2. The molecule has 0 radical (unpaired) electrons. The van der Waals surface area contributed by atoms with E-state index in [1.807, 2.05) is 26.0 Å². The zero-order valence-electron chi connectivity index (χ0n) is 10.5. The van der Waals surface area contributed by atoms with Crippen LogP contribution in [0.5, 0.6) is 0 Å². The van der Waals surface area contributed by atoms with E-state index in [1.165, 1.54) is 0 Å². The van der Waals surface area contributed by atoms with Gasteiger partial charge in [0.15, 0.2) is 5.79 Å². The lowest BCUT2D eigenvalue weighted by Crippen LogP contribution is -2.30. The fourth-order valence-corrected chi connectivity index (χ4v) is 2.30. The Morgan fingerprint density at radius 3 is 2.83 bits per heavy atom. The van der Waals surface area contributed by atoms with Crippen molar-refractivity contribution in [3.05, 3.63) is 33.8 Å². The molecule has 1 heterocycles. The van der Waals surface area contributed by atoms with E-state index in [0.29, 0.717) is 23.2 Å². The van der Waals surface area contributed by atoms with Gasteiger partial charge in [0, 0.05) is 13.1 Å². The van der Waals surface area contributed by atoms with E-state index in [2.05, 4.69) is 5.32 Å². The Labute approximate surface area is 117 Å². The molecular weight excluding hydrogens is 273 g/mol. The first-order valence-electron chi connectivity index (χ1n) is 5.93. The summed E-state index contributed by atoms with van der Waals surface area (Å²) in [7, 11) is 0. The molecule has 1 unspecified atom stereocenters. The van der Waals surface area contributed by atoms with E-state index >= 15 is 0 Å². The molecule has 0 aromatic heterocycles. The van der Waals surface area contributed by atoms with Gasteiger partial charge in [0.1, 0.15) is 0 Å². The maximum absolute atomic E-state index is 6.11. The molecule has 5 heteroatoms. The van der Waals surface area contributed by atoms with E-state index in [9.17, 15) is 0 Å². The van der Waals surface area contributed by atoms with E-state index in [0.717, 1.165) is 12.1 Å². The summed E-state index contributed by atoms with van der Waals surface area (Å²) in [6.45, 7) is 5.84. The van der Waals surface area contributed by atoms with Crippen LogP contribution in [0.3, 0.4) is 0 Å². The second-order valence-electron chi connectivity index (χ2n) is 4.79. The summed E-state index contributed by atoms with van der Waals surface area (Å²) >= 11 is 12.1. The van der Waals surface area contributed by atoms with Crippen LogP contribution in [-0.4, -0.2) is 25.0 Å². The van der Waals surface area contributed by atoms with Crippen molar-refractivity contribution in [2.75, 3.05) is 13.2 Å². The molecule has 0 bridgehead atoms. The minimum absolute atomic E-state index is 0.0814. The van der Waals surface area contributed by atoms with Gasteiger partial charge in [-0.2, -0.15) is 0 Å². The minimum atomic E-state index is -0.472. The Hall–Kier alpha value is -0.320. The van der Waals surface area contributed by atoms with Crippen molar-refractivity contribution >= 4 is 23.2 Å². The quantitative estimate of drug-likeness (QED) is 0.923. The Kier molecular flexibility index (Phi) is 4.51. The lowest BCUT2D eigenvalue weighted by molar-refractivity contribution is -0.137. The topological polar surface area (TPSA) is 30.5 Å². The van der Waals surface area contributed by atoms with Gasteiger partial charge in [-0.25, -0.2) is 0 Å². The van der Waals surface area contributed by atoms with Crippen molar-refractivity contribution in [2.45, 2.75) is 32.3 Å². The summed E-state index contributed by atoms with van der Waals surface area (Å²) in [6.07, 6.45) is 0.0814. The van der Waals surface area contributed by atoms with Gasteiger partial charge >= 0.3 is 0 Å². The lowest BCUT2D eigenvalue weighted by Gasteiger charge is -2.17. The highest BCUT2D eigenvalue weighted by Gasteiger charge is 2.32. The van der Waals surface area contributed by atoms with Crippen molar-refractivity contribution < 1.29 is 9.47 Å². The van der Waals surface area contributed by atoms with Crippen LogP contribution in [0.4, 0.5) is 0 Å². The molecule has 1 atom stereocenters. The first-order chi connectivity index (χ1) is 8.48. The van der Waals surface area contributed by atoms with Gasteiger partial charge in [-0.05, 0) is 25.5 Å². The predicted octanol–water partition coefficient (Wildman–Crippen LogP) is 3.23. The van der Waals surface area contributed by atoms with Crippen molar-refractivity contribution in [2.24, 2.45) is 0 Å². The smallest absolute Gasteiger partial charge is 0.163 e. The molecule has 0 amide bonds. The summed E-state index contributed by atoms with van der Waals surface area (Å²) in [5, 5.41) is 4.49. The fraction of sp³-hybridized carbons (Fsp3) is 0.538. The zero-order valence-corrected chi connectivity index (χ0v) is 12.0. The number of halogens is 2. The van der Waals surface area contributed by atoms with E-state index in [-0.39, 0.29) is 6.10 Å². The van der Waals surface area contributed by atoms with Gasteiger partial charge in [0.25, 0.3) is 0 Å². The average Bonchev–Trinajstić information content (AvgIpc) is 2.64. The molecule has 3 nitrogen and oxygen atoms in total. The Morgan fingerprint density at radius 1 is 1.39 bits per heavy atom. The molecule has 1 aliphatic heterocycles. The van der Waals surface area contributed by atoms with Crippen molar-refractivity contribution in [3.8, 4) is 0 Å². The van der Waals surface area contributed by atoms with Gasteiger partial charge in [-0.15, -0.1) is 0 Å². The molecule has 18 heavy (non-hydrogen) atoms. The summed E-state index contributed by atoms with van der Waals surface area (Å²) in [5.41, 5.74) is 0.988. The van der Waals surface area contributed by atoms with Crippen LogP contribution in [-0.2, 0) is 16.0 Å². The zero-order chi connectivity index (χ0) is 13.2. The van der Waals surface area contributed by atoms with Crippen LogP contribution in [0, 0.1) is 0 Å². The Morgan fingerprint density at radius 2 is 2.17 bits per heavy atom. The standard InChI is InChI=1S/C13H17Cl2NO2/c1-13(2)17-8-10(18-13)7-16-6-9-4-3-5-11(14)12(9)15/h3-5,10,16H,6-8H2,1-2H3. The summed E-state index contributed by atoms with van der Waals surface area (Å²) in [6, 6.07) is 5.63. The molecule has 2 rings (SSSR count). The molecule has 1 saturated heterocycles. The average molecular weight is 290 g/mol. The molecule has 100 valence electrons. The summed E-state index contributed by atoms with van der Waals surface area (Å²) < 4.78 is 11.2. The summed E-state index contributed by atoms with van der Waals surface area (Å²) in [5.74, 6) is -0.472. The van der Waals surface area contributed by atoms with Crippen LogP contribution in [0.15, 0.2) is 18.2 Å². The minimum Gasteiger partial charge on any atom is -0.348 e. The number of benzene rings is 1. The second kappa shape index (κ2) is 5.76. The molecule has 0 aliphatic carbocycles. The first kappa shape index (κ1) is 14.1. The van der Waals surface area contributed by atoms with E-state index in [1.54, 1.807) is 6.07 Å². The molecule has 1 aliphatic rings. The molecule has 0 saturated carbocycles. The van der Waals surface area contributed by atoms with Crippen LogP contribution >= 0.6 is 23.2 Å². The molecule has 1 fully saturated rings. The molecule has 0 spiro atoms. The van der Waals surface area contributed by atoms with Crippen LogP contribution in [0.25, 0.3) is 0 Å². The van der Waals surface area contributed by atoms with Crippen molar-refractivity contribution in [3.63, 3.8) is 0 Å². The number of rotatable bonds is 4. The second-order valence-corrected chi connectivity index (χ2v) is 5.58. The third-order valence-electron chi connectivity index (χ3n) is 2.79. The van der Waals surface area contributed by atoms with Crippen LogP contribution < -0.4 is 5.32 Å². The predicted molar refractivity (Wildman–Crippen MR) is 73.1 cm³/mol. The van der Waals surface area contributed by atoms with Gasteiger partial charge in [-0.1, -0.05) is 35.3 Å². The van der Waals surface area contributed by atoms with E-state index < -0.39 is 5.79 Å². The highest BCUT2D eigenvalue weighted by Crippen LogP contribution is 2.25. The Bertz CT molecular complexity index is 423. The monoisotopic (exact) mass is 289 g/mol. The normalized spacial score (nSPS) is 22.3. The molecule has 1 aromatic rings. The van der Waals surface area contributed by atoms with Gasteiger partial charge in [0.05, 0.1) is 22.8 Å². The fourth-order valence-electron chi connectivity index (χ4n) is 1.92. The highest BCUT2D eigenvalue weighted by atomic mass is 35.5. The van der Waals surface area contributed by atoms with Gasteiger partial charge in [0.2, 0.25) is 0 Å². The number of hydrogen-bond donors (Lipinski definition) is 1. The van der Waals surface area contributed by atoms with Crippen LogP contribution in [0.2, 0.25) is 10.0 Å². The third kappa shape index (κ3) is 3.59. The number of hydrogen-bond acceptors (Lipinski definition) is 3. The first-order valence-corrected chi connectivity index (χ1v) is 6.69. The number of nitrogens with one attached hydrogen (secondary N) is 1. The lowest BCUT2D eigenvalue weighted by atomic mass is 10.2. The maximum atomic E-state index is 6.11. The van der Waals surface area contributed by atoms with Gasteiger partial charge in [-0.3, -0.25) is 0 Å². The van der Waals surface area contributed by atoms with E-state index in [4.69, 9.17) is 32.7 Å².